The average Bonchev–Trinajstić information content (AvgIpc) is 2.77. The Morgan fingerprint density at radius 2 is 1.77 bits per heavy atom. The molecule has 1 fully saturated rings. The minimum Gasteiger partial charge on any atom is -0.465 e. The number of rotatable bonds is 7. The van der Waals surface area contributed by atoms with Crippen LogP contribution in [-0.4, -0.2) is 84.8 Å². The summed E-state index contributed by atoms with van der Waals surface area (Å²) in [5, 5.41) is 12.4. The van der Waals surface area contributed by atoms with Gasteiger partial charge in [-0.25, -0.2) is 9.78 Å². The Morgan fingerprint density at radius 1 is 1.10 bits per heavy atom. The number of anilines is 1. The summed E-state index contributed by atoms with van der Waals surface area (Å²) in [7, 11) is 1.50. The van der Waals surface area contributed by atoms with Gasteiger partial charge in [0, 0.05) is 63.1 Å². The number of hydrogen-bond donors (Lipinski definition) is 2. The number of halogens is 1. The summed E-state index contributed by atoms with van der Waals surface area (Å²) in [6.07, 6.45) is 0.788. The highest BCUT2D eigenvalue weighted by atomic mass is 35.5. The van der Waals surface area contributed by atoms with Crippen LogP contribution in [0.25, 0.3) is 11.1 Å². The number of aromatic nitrogens is 1. The molecule has 0 radical (unpaired) electrons. The third-order valence-electron chi connectivity index (χ3n) is 5.19. The van der Waals surface area contributed by atoms with E-state index in [1.165, 1.54) is 7.05 Å². The van der Waals surface area contributed by atoms with Crippen LogP contribution in [0.3, 0.4) is 0 Å². The van der Waals surface area contributed by atoms with E-state index in [1.54, 1.807) is 0 Å². The molecular weight excluding hydrogens is 406 g/mol. The molecule has 1 aliphatic rings. The number of nitrogens with one attached hydrogen (secondary N) is 1. The first kappa shape index (κ1) is 21.9. The van der Waals surface area contributed by atoms with Gasteiger partial charge < -0.3 is 15.3 Å². The number of hydrogen-bond acceptors (Lipinski definition) is 5. The zero-order valence-electron chi connectivity index (χ0n) is 16.9. The summed E-state index contributed by atoms with van der Waals surface area (Å²) in [6, 6.07) is 11.8. The zero-order valence-corrected chi connectivity index (χ0v) is 17.7. The normalized spacial score (nSPS) is 14.4. The van der Waals surface area contributed by atoms with Crippen molar-refractivity contribution >= 4 is 29.4 Å². The minimum absolute atomic E-state index is 0.143. The highest BCUT2D eigenvalue weighted by molar-refractivity contribution is 6.30. The Labute approximate surface area is 181 Å². The van der Waals surface area contributed by atoms with Gasteiger partial charge in [-0.15, -0.1) is 0 Å². The van der Waals surface area contributed by atoms with Gasteiger partial charge in [0.05, 0.1) is 0 Å². The fraction of sp³-hybridized carbons (Fsp3) is 0.381. The number of amides is 2. The van der Waals surface area contributed by atoms with E-state index in [9.17, 15) is 14.7 Å². The van der Waals surface area contributed by atoms with Crippen molar-refractivity contribution < 1.29 is 14.7 Å². The predicted octanol–water partition coefficient (Wildman–Crippen LogP) is 2.25. The molecule has 9 heteroatoms. The van der Waals surface area contributed by atoms with Crippen molar-refractivity contribution in [1.82, 2.24) is 20.1 Å². The second-order valence-corrected chi connectivity index (χ2v) is 7.55. The van der Waals surface area contributed by atoms with Crippen molar-refractivity contribution in [1.29, 1.82) is 0 Å². The van der Waals surface area contributed by atoms with Crippen LogP contribution in [0.5, 0.6) is 0 Å². The van der Waals surface area contributed by atoms with Crippen LogP contribution in [0.1, 0.15) is 0 Å². The van der Waals surface area contributed by atoms with E-state index >= 15 is 0 Å². The van der Waals surface area contributed by atoms with Crippen molar-refractivity contribution in [2.24, 2.45) is 0 Å². The number of piperazine rings is 1. The predicted molar refractivity (Wildman–Crippen MR) is 117 cm³/mol. The number of carboxylic acid groups (broad SMARTS) is 1. The van der Waals surface area contributed by atoms with Crippen LogP contribution >= 0.6 is 11.6 Å². The molecule has 30 heavy (non-hydrogen) atoms. The quantitative estimate of drug-likeness (QED) is 0.699. The lowest BCUT2D eigenvalue weighted by Gasteiger charge is -2.36. The second-order valence-electron chi connectivity index (χ2n) is 7.12. The molecule has 1 aromatic heterocycles. The Morgan fingerprint density at radius 3 is 2.33 bits per heavy atom. The summed E-state index contributed by atoms with van der Waals surface area (Å²) in [6.45, 7) is 4.01. The van der Waals surface area contributed by atoms with E-state index in [4.69, 9.17) is 11.6 Å². The summed E-state index contributed by atoms with van der Waals surface area (Å²) >= 11 is 5.95. The van der Waals surface area contributed by atoms with Crippen molar-refractivity contribution in [2.75, 3.05) is 57.8 Å². The second kappa shape index (κ2) is 10.3. The van der Waals surface area contributed by atoms with Gasteiger partial charge in [0.25, 0.3) is 0 Å². The molecule has 1 aliphatic heterocycles. The molecule has 0 saturated carbocycles. The molecule has 8 nitrogen and oxygen atoms in total. The Balaban J connectivity index is 1.49. The molecule has 0 atom stereocenters. The maximum Gasteiger partial charge on any atom is 0.407 e. The first-order valence-electron chi connectivity index (χ1n) is 9.84. The Bertz CT molecular complexity index is 852. The molecule has 2 amide bonds. The summed E-state index contributed by atoms with van der Waals surface area (Å²) in [5.41, 5.74) is 2.11. The van der Waals surface area contributed by atoms with E-state index in [0.29, 0.717) is 18.1 Å². The maximum absolute atomic E-state index is 11.5. The van der Waals surface area contributed by atoms with Crippen LogP contribution in [0.15, 0.2) is 42.6 Å². The standard InChI is InChI=1S/C21H26ClN5O3/c1-23-20(28)15-27(21(29)30)13-10-25-8-11-26(12-9-25)19-7-4-17(14-24-19)16-2-5-18(22)6-3-16/h2-7,14H,8-13,15H2,1H3,(H,23,28)(H,29,30). The van der Waals surface area contributed by atoms with Gasteiger partial charge >= 0.3 is 6.09 Å². The average molecular weight is 432 g/mol. The third kappa shape index (κ3) is 5.84. The lowest BCUT2D eigenvalue weighted by atomic mass is 10.1. The highest BCUT2D eigenvalue weighted by Gasteiger charge is 2.21. The smallest absolute Gasteiger partial charge is 0.407 e. The van der Waals surface area contributed by atoms with E-state index in [0.717, 1.165) is 48.0 Å². The molecule has 1 aromatic carbocycles. The number of nitrogens with zero attached hydrogens (tertiary/aromatic N) is 4. The molecule has 2 aromatic rings. The monoisotopic (exact) mass is 431 g/mol. The lowest BCUT2D eigenvalue weighted by molar-refractivity contribution is -0.121. The van der Waals surface area contributed by atoms with Gasteiger partial charge in [-0.05, 0) is 29.8 Å². The van der Waals surface area contributed by atoms with Crippen molar-refractivity contribution in [2.45, 2.75) is 0 Å². The van der Waals surface area contributed by atoms with Gasteiger partial charge in [-0.2, -0.15) is 0 Å². The molecule has 3 rings (SSSR count). The SMILES string of the molecule is CNC(=O)CN(CCN1CCN(c2ccc(-c3ccc(Cl)cc3)cn2)CC1)C(=O)O. The summed E-state index contributed by atoms with van der Waals surface area (Å²) < 4.78 is 0. The molecule has 2 heterocycles. The van der Waals surface area contributed by atoms with Crippen molar-refractivity contribution in [3.8, 4) is 11.1 Å². The van der Waals surface area contributed by atoms with E-state index < -0.39 is 6.09 Å². The summed E-state index contributed by atoms with van der Waals surface area (Å²) in [5.74, 6) is 0.620. The molecule has 0 aliphatic carbocycles. The number of carbonyl (C=O) groups excluding carboxylic acids is 1. The van der Waals surface area contributed by atoms with Gasteiger partial charge in [0.2, 0.25) is 5.91 Å². The fourth-order valence-corrected chi connectivity index (χ4v) is 3.47. The number of benzene rings is 1. The van der Waals surface area contributed by atoms with Crippen molar-refractivity contribution in [3.05, 3.63) is 47.6 Å². The van der Waals surface area contributed by atoms with Crippen molar-refractivity contribution in [3.63, 3.8) is 0 Å². The summed E-state index contributed by atoms with van der Waals surface area (Å²) in [4.78, 5) is 33.0. The number of carbonyl (C=O) groups is 2. The number of pyridine rings is 1. The van der Waals surface area contributed by atoms with Crippen LogP contribution in [0, 0.1) is 0 Å². The van der Waals surface area contributed by atoms with Gasteiger partial charge in [0.1, 0.15) is 12.4 Å². The van der Waals surface area contributed by atoms with Crippen LogP contribution in [0.2, 0.25) is 5.02 Å². The van der Waals surface area contributed by atoms with Gasteiger partial charge in [-0.3, -0.25) is 14.6 Å². The van der Waals surface area contributed by atoms with Gasteiger partial charge in [-0.1, -0.05) is 23.7 Å². The first-order valence-corrected chi connectivity index (χ1v) is 10.2. The molecule has 0 unspecified atom stereocenters. The van der Waals surface area contributed by atoms with E-state index in [1.807, 2.05) is 36.5 Å². The maximum atomic E-state index is 11.5. The van der Waals surface area contributed by atoms with E-state index in [-0.39, 0.29) is 12.5 Å². The molecule has 0 bridgehead atoms. The van der Waals surface area contributed by atoms with Gasteiger partial charge in [0.15, 0.2) is 0 Å². The van der Waals surface area contributed by atoms with E-state index in [2.05, 4.69) is 26.2 Å². The zero-order chi connectivity index (χ0) is 21.5. The molecule has 1 saturated heterocycles. The molecule has 160 valence electrons. The molecular formula is C21H26ClN5O3. The van der Waals surface area contributed by atoms with Crippen LogP contribution in [-0.2, 0) is 4.79 Å². The molecule has 2 N–H and O–H groups in total. The molecule has 0 spiro atoms. The van der Waals surface area contributed by atoms with Crippen LogP contribution < -0.4 is 10.2 Å². The number of likely N-dealkylation sites (N-methyl/N-ethyl adjacent to an activating group) is 1. The Kier molecular flexibility index (Phi) is 7.48. The topological polar surface area (TPSA) is 89.0 Å². The highest BCUT2D eigenvalue weighted by Crippen LogP contribution is 2.23. The first-order chi connectivity index (χ1) is 14.5. The largest absolute Gasteiger partial charge is 0.465 e. The minimum atomic E-state index is -1.08. The third-order valence-corrected chi connectivity index (χ3v) is 5.44. The lowest BCUT2D eigenvalue weighted by Crippen LogP contribution is -2.50. The van der Waals surface area contributed by atoms with Crippen LogP contribution in [0.4, 0.5) is 10.6 Å². The Hall–Kier alpha value is -2.84. The fourth-order valence-electron chi connectivity index (χ4n) is 3.34.